The Morgan fingerprint density at radius 2 is 1.86 bits per heavy atom. The lowest BCUT2D eigenvalue weighted by molar-refractivity contribution is -0.122. The molecule has 0 aliphatic carbocycles. The minimum Gasteiger partial charge on any atom is -0.354 e. The first kappa shape index (κ1) is 17.9. The van der Waals surface area contributed by atoms with Crippen molar-refractivity contribution in [1.29, 1.82) is 0 Å². The Bertz CT molecular complexity index is 572. The Morgan fingerprint density at radius 3 is 2.33 bits per heavy atom. The Balaban J connectivity index is 2.87. The van der Waals surface area contributed by atoms with E-state index in [0.717, 1.165) is 12.7 Å². The van der Waals surface area contributed by atoms with Crippen LogP contribution in [-0.2, 0) is 14.8 Å². The minimum absolute atomic E-state index is 0.0407. The molecule has 1 rings (SSSR count). The lowest BCUT2D eigenvalue weighted by atomic mass is 10.0. The molecule has 0 saturated carbocycles. The van der Waals surface area contributed by atoms with E-state index in [2.05, 4.69) is 10.0 Å². The molecule has 2 N–H and O–H groups in total. The average molecular weight is 333 g/mol. The third-order valence-electron chi connectivity index (χ3n) is 3.04. The number of carbonyl (C=O) groups excluding carboxylic acids is 1. The van der Waals surface area contributed by atoms with Crippen LogP contribution in [0.3, 0.4) is 0 Å². The zero-order valence-electron chi connectivity index (χ0n) is 12.4. The van der Waals surface area contributed by atoms with E-state index in [-0.39, 0.29) is 18.4 Å². The summed E-state index contributed by atoms with van der Waals surface area (Å²) in [6.45, 7) is 3.87. The molecule has 0 spiro atoms. The standard InChI is InChI=1S/C14H21ClN2O3S/c1-4-10(2)16-14(18)9-13(17-21(3,19)20)11-5-7-12(15)8-6-11/h5-8,10,13,17H,4,9H2,1-3H3,(H,16,18)/t10-,13+/m1/s1. The number of sulfonamides is 1. The van der Waals surface area contributed by atoms with E-state index in [0.29, 0.717) is 10.6 Å². The first-order valence-electron chi connectivity index (χ1n) is 6.73. The zero-order valence-corrected chi connectivity index (χ0v) is 14.0. The molecule has 0 unspecified atom stereocenters. The second-order valence-electron chi connectivity index (χ2n) is 5.08. The smallest absolute Gasteiger partial charge is 0.222 e. The van der Waals surface area contributed by atoms with Crippen LogP contribution in [0.15, 0.2) is 24.3 Å². The number of carbonyl (C=O) groups is 1. The molecule has 1 aromatic rings. The monoisotopic (exact) mass is 332 g/mol. The Kier molecular flexibility index (Phi) is 6.64. The third kappa shape index (κ3) is 6.93. The van der Waals surface area contributed by atoms with Crippen molar-refractivity contribution < 1.29 is 13.2 Å². The van der Waals surface area contributed by atoms with E-state index in [1.165, 1.54) is 0 Å². The van der Waals surface area contributed by atoms with Gasteiger partial charge in [0, 0.05) is 17.5 Å². The van der Waals surface area contributed by atoms with Crippen LogP contribution in [0.1, 0.15) is 38.3 Å². The third-order valence-corrected chi connectivity index (χ3v) is 4.00. The summed E-state index contributed by atoms with van der Waals surface area (Å²) in [5.41, 5.74) is 0.698. The molecule has 0 bridgehead atoms. The van der Waals surface area contributed by atoms with Crippen molar-refractivity contribution >= 4 is 27.5 Å². The predicted octanol–water partition coefficient (Wildman–Crippen LogP) is 2.24. The van der Waals surface area contributed by atoms with Gasteiger partial charge in [-0.3, -0.25) is 4.79 Å². The second kappa shape index (κ2) is 7.77. The van der Waals surface area contributed by atoms with Crippen molar-refractivity contribution in [2.24, 2.45) is 0 Å². The van der Waals surface area contributed by atoms with Crippen molar-refractivity contribution in [2.75, 3.05) is 6.26 Å². The summed E-state index contributed by atoms with van der Waals surface area (Å²) in [5, 5.41) is 3.38. The summed E-state index contributed by atoms with van der Waals surface area (Å²) < 4.78 is 25.4. The molecule has 0 aromatic heterocycles. The van der Waals surface area contributed by atoms with Gasteiger partial charge in [-0.15, -0.1) is 0 Å². The van der Waals surface area contributed by atoms with Crippen LogP contribution in [0.5, 0.6) is 0 Å². The highest BCUT2D eigenvalue weighted by atomic mass is 35.5. The van der Waals surface area contributed by atoms with Crippen LogP contribution in [-0.4, -0.2) is 26.6 Å². The average Bonchev–Trinajstić information content (AvgIpc) is 2.37. The van der Waals surface area contributed by atoms with Crippen molar-refractivity contribution in [3.63, 3.8) is 0 Å². The molecule has 5 nitrogen and oxygen atoms in total. The van der Waals surface area contributed by atoms with E-state index in [1.807, 2.05) is 13.8 Å². The Morgan fingerprint density at radius 1 is 1.29 bits per heavy atom. The maximum absolute atomic E-state index is 12.0. The van der Waals surface area contributed by atoms with Gasteiger partial charge in [-0.25, -0.2) is 13.1 Å². The van der Waals surface area contributed by atoms with Gasteiger partial charge in [-0.05, 0) is 31.0 Å². The maximum Gasteiger partial charge on any atom is 0.222 e. The van der Waals surface area contributed by atoms with E-state index >= 15 is 0 Å². The topological polar surface area (TPSA) is 75.3 Å². The first-order chi connectivity index (χ1) is 9.71. The van der Waals surface area contributed by atoms with Crippen LogP contribution in [0.2, 0.25) is 5.02 Å². The number of amides is 1. The Labute approximate surface area is 131 Å². The quantitative estimate of drug-likeness (QED) is 0.804. The predicted molar refractivity (Wildman–Crippen MR) is 84.7 cm³/mol. The highest BCUT2D eigenvalue weighted by Crippen LogP contribution is 2.20. The van der Waals surface area contributed by atoms with Gasteiger partial charge in [0.1, 0.15) is 0 Å². The van der Waals surface area contributed by atoms with Gasteiger partial charge in [0.2, 0.25) is 15.9 Å². The number of hydrogen-bond donors (Lipinski definition) is 2. The van der Waals surface area contributed by atoms with Crippen LogP contribution < -0.4 is 10.0 Å². The van der Waals surface area contributed by atoms with Gasteiger partial charge >= 0.3 is 0 Å². The fraction of sp³-hybridized carbons (Fsp3) is 0.500. The molecule has 1 amide bonds. The fourth-order valence-corrected chi connectivity index (χ4v) is 2.66. The van der Waals surface area contributed by atoms with E-state index in [4.69, 9.17) is 11.6 Å². The molecular weight excluding hydrogens is 312 g/mol. The van der Waals surface area contributed by atoms with Gasteiger partial charge in [-0.1, -0.05) is 30.7 Å². The molecule has 2 atom stereocenters. The summed E-state index contributed by atoms with van der Waals surface area (Å²) >= 11 is 5.82. The molecule has 0 saturated heterocycles. The van der Waals surface area contributed by atoms with Crippen molar-refractivity contribution in [1.82, 2.24) is 10.0 Å². The number of halogens is 1. The molecule has 0 aliphatic heterocycles. The van der Waals surface area contributed by atoms with E-state index in [1.54, 1.807) is 24.3 Å². The van der Waals surface area contributed by atoms with E-state index in [9.17, 15) is 13.2 Å². The molecular formula is C14H21ClN2O3S. The van der Waals surface area contributed by atoms with Gasteiger partial charge < -0.3 is 5.32 Å². The summed E-state index contributed by atoms with van der Waals surface area (Å²) in [4.78, 5) is 12.0. The number of benzene rings is 1. The lowest BCUT2D eigenvalue weighted by Crippen LogP contribution is -2.36. The second-order valence-corrected chi connectivity index (χ2v) is 7.29. The van der Waals surface area contributed by atoms with Crippen LogP contribution in [0.25, 0.3) is 0 Å². The molecule has 7 heteroatoms. The normalized spacial score (nSPS) is 14.5. The molecule has 0 radical (unpaired) electrons. The summed E-state index contributed by atoms with van der Waals surface area (Å²) in [7, 11) is -3.42. The summed E-state index contributed by atoms with van der Waals surface area (Å²) in [6.07, 6.45) is 1.93. The summed E-state index contributed by atoms with van der Waals surface area (Å²) in [6, 6.07) is 6.20. The fourth-order valence-electron chi connectivity index (χ4n) is 1.80. The minimum atomic E-state index is -3.42. The molecule has 118 valence electrons. The Hall–Kier alpha value is -1.11. The van der Waals surface area contributed by atoms with Crippen molar-refractivity contribution in [3.8, 4) is 0 Å². The van der Waals surface area contributed by atoms with Gasteiger partial charge in [0.25, 0.3) is 0 Å². The lowest BCUT2D eigenvalue weighted by Gasteiger charge is -2.19. The van der Waals surface area contributed by atoms with Crippen LogP contribution in [0.4, 0.5) is 0 Å². The van der Waals surface area contributed by atoms with E-state index < -0.39 is 16.1 Å². The van der Waals surface area contributed by atoms with Crippen LogP contribution >= 0.6 is 11.6 Å². The van der Waals surface area contributed by atoms with Gasteiger partial charge in [0.15, 0.2) is 0 Å². The zero-order chi connectivity index (χ0) is 16.0. The molecule has 1 aromatic carbocycles. The molecule has 0 fully saturated rings. The molecule has 21 heavy (non-hydrogen) atoms. The largest absolute Gasteiger partial charge is 0.354 e. The highest BCUT2D eigenvalue weighted by Gasteiger charge is 2.20. The number of hydrogen-bond acceptors (Lipinski definition) is 3. The van der Waals surface area contributed by atoms with Crippen molar-refractivity contribution in [2.45, 2.75) is 38.8 Å². The van der Waals surface area contributed by atoms with Crippen LogP contribution in [0, 0.1) is 0 Å². The summed E-state index contributed by atoms with van der Waals surface area (Å²) in [5.74, 6) is -0.194. The number of nitrogens with one attached hydrogen (secondary N) is 2. The van der Waals surface area contributed by atoms with Crippen molar-refractivity contribution in [3.05, 3.63) is 34.9 Å². The molecule has 0 aliphatic rings. The molecule has 0 heterocycles. The number of rotatable bonds is 7. The van der Waals surface area contributed by atoms with Gasteiger partial charge in [-0.2, -0.15) is 0 Å². The highest BCUT2D eigenvalue weighted by molar-refractivity contribution is 7.88. The first-order valence-corrected chi connectivity index (χ1v) is 9.00. The SMILES string of the molecule is CC[C@@H](C)NC(=O)C[C@H](NS(C)(=O)=O)c1ccc(Cl)cc1. The van der Waals surface area contributed by atoms with Gasteiger partial charge in [0.05, 0.1) is 12.3 Å². The maximum atomic E-state index is 12.0.